The first-order valence-electron chi connectivity index (χ1n) is 3.67. The van der Waals surface area contributed by atoms with Crippen LogP contribution in [0.4, 0.5) is 0 Å². The van der Waals surface area contributed by atoms with Crippen molar-refractivity contribution >= 4 is 6.41 Å². The fourth-order valence-electron chi connectivity index (χ4n) is 0.908. The summed E-state index contributed by atoms with van der Waals surface area (Å²) in [7, 11) is 1.47. The van der Waals surface area contributed by atoms with Crippen LogP contribution in [0, 0.1) is 0 Å². The molecule has 0 saturated heterocycles. The van der Waals surface area contributed by atoms with Crippen molar-refractivity contribution in [2.24, 2.45) is 0 Å². The number of hydrogen-bond acceptors (Lipinski definition) is 2. The number of carbonyl (C=O) groups excluding carboxylic acids is 1. The molecule has 0 fully saturated rings. The highest BCUT2D eigenvalue weighted by Crippen LogP contribution is 2.01. The summed E-state index contributed by atoms with van der Waals surface area (Å²) in [5.74, 6) is 0. The minimum atomic E-state index is 0.487. The Morgan fingerprint density at radius 2 is 2.08 bits per heavy atom. The molecule has 64 valence electrons. The molecule has 0 unspecified atom stereocenters. The highest BCUT2D eigenvalue weighted by molar-refractivity contribution is 5.45. The molecule has 0 aliphatic carbocycles. The van der Waals surface area contributed by atoms with E-state index in [0.29, 0.717) is 13.0 Å². The molecule has 1 amide bonds. The van der Waals surface area contributed by atoms with Crippen LogP contribution in [0.3, 0.4) is 0 Å². The van der Waals surface area contributed by atoms with Crippen molar-refractivity contribution in [1.82, 2.24) is 5.06 Å². The van der Waals surface area contributed by atoms with Gasteiger partial charge in [0.25, 0.3) is 0 Å². The summed E-state index contributed by atoms with van der Waals surface area (Å²) in [6.45, 7) is 0.487. The fourth-order valence-corrected chi connectivity index (χ4v) is 0.908. The Morgan fingerprint density at radius 1 is 1.42 bits per heavy atom. The Morgan fingerprint density at radius 3 is 2.58 bits per heavy atom. The van der Waals surface area contributed by atoms with Crippen LogP contribution in [0.2, 0.25) is 0 Å². The maximum absolute atomic E-state index is 10.3. The Balaban J connectivity index is 2.56. The van der Waals surface area contributed by atoms with E-state index in [2.05, 4.69) is 0 Å². The van der Waals surface area contributed by atoms with Gasteiger partial charge < -0.3 is 0 Å². The molecule has 1 rings (SSSR count). The Kier molecular flexibility index (Phi) is 3.29. The molecule has 1 aromatic carbocycles. The van der Waals surface area contributed by atoms with Gasteiger partial charge >= 0.3 is 0 Å². The molecule has 0 spiro atoms. The average Bonchev–Trinajstić information content (AvgIpc) is 2.16. The van der Waals surface area contributed by atoms with E-state index in [1.165, 1.54) is 12.2 Å². The molecule has 0 atom stereocenters. The molecule has 0 heterocycles. The molecule has 0 N–H and O–H groups in total. The lowest BCUT2D eigenvalue weighted by Gasteiger charge is -2.12. The van der Waals surface area contributed by atoms with E-state index in [1.54, 1.807) is 0 Å². The van der Waals surface area contributed by atoms with Crippen molar-refractivity contribution in [3.8, 4) is 0 Å². The standard InChI is InChI=1S/C9H11NO2/c1-12-10(8-11)7-9-5-3-2-4-6-9/h2-6,8H,7H2,1H3. The summed E-state index contributed by atoms with van der Waals surface area (Å²) in [6.07, 6.45) is 0.660. The van der Waals surface area contributed by atoms with Gasteiger partial charge in [-0.15, -0.1) is 0 Å². The first-order valence-corrected chi connectivity index (χ1v) is 3.67. The van der Waals surface area contributed by atoms with Crippen LogP contribution in [-0.4, -0.2) is 18.6 Å². The molecule has 0 aliphatic heterocycles. The highest BCUT2D eigenvalue weighted by Gasteiger charge is 1.99. The van der Waals surface area contributed by atoms with Gasteiger partial charge in [-0.3, -0.25) is 9.63 Å². The SMILES string of the molecule is CON(C=O)Cc1ccccc1. The summed E-state index contributed by atoms with van der Waals surface area (Å²) in [5.41, 5.74) is 1.05. The second kappa shape index (κ2) is 4.51. The van der Waals surface area contributed by atoms with Gasteiger partial charge in [-0.25, -0.2) is 5.06 Å². The van der Waals surface area contributed by atoms with Crippen LogP contribution in [-0.2, 0) is 16.2 Å². The van der Waals surface area contributed by atoms with E-state index < -0.39 is 0 Å². The molecule has 0 bridgehead atoms. The van der Waals surface area contributed by atoms with Crippen LogP contribution >= 0.6 is 0 Å². The lowest BCUT2D eigenvalue weighted by molar-refractivity contribution is -0.163. The van der Waals surface area contributed by atoms with Crippen LogP contribution in [0.25, 0.3) is 0 Å². The summed E-state index contributed by atoms with van der Waals surface area (Å²) >= 11 is 0. The van der Waals surface area contributed by atoms with Gasteiger partial charge in [0.05, 0.1) is 13.7 Å². The first kappa shape index (κ1) is 8.74. The van der Waals surface area contributed by atoms with E-state index in [9.17, 15) is 4.79 Å². The van der Waals surface area contributed by atoms with Gasteiger partial charge in [0.1, 0.15) is 0 Å². The number of benzene rings is 1. The highest BCUT2D eigenvalue weighted by atomic mass is 16.7. The molecule has 0 radical (unpaired) electrons. The number of hydroxylamine groups is 2. The van der Waals surface area contributed by atoms with Gasteiger partial charge in [0.15, 0.2) is 0 Å². The van der Waals surface area contributed by atoms with Crippen LogP contribution in [0.5, 0.6) is 0 Å². The average molecular weight is 165 g/mol. The molecule has 3 nitrogen and oxygen atoms in total. The van der Waals surface area contributed by atoms with Gasteiger partial charge in [-0.2, -0.15) is 0 Å². The lowest BCUT2D eigenvalue weighted by Crippen LogP contribution is -2.19. The number of nitrogens with zero attached hydrogens (tertiary/aromatic N) is 1. The van der Waals surface area contributed by atoms with Gasteiger partial charge in [-0.05, 0) is 5.56 Å². The van der Waals surface area contributed by atoms with Crippen LogP contribution in [0.1, 0.15) is 5.56 Å². The molecule has 0 aromatic heterocycles. The number of carbonyl (C=O) groups is 1. The van der Waals surface area contributed by atoms with Gasteiger partial charge in [0.2, 0.25) is 6.41 Å². The quantitative estimate of drug-likeness (QED) is 0.495. The second-order valence-corrected chi connectivity index (χ2v) is 2.35. The van der Waals surface area contributed by atoms with Crippen LogP contribution < -0.4 is 0 Å². The van der Waals surface area contributed by atoms with Crippen LogP contribution in [0.15, 0.2) is 30.3 Å². The molecule has 3 heteroatoms. The number of hydrogen-bond donors (Lipinski definition) is 0. The Labute approximate surface area is 71.5 Å². The largest absolute Gasteiger partial charge is 0.276 e. The van der Waals surface area contributed by atoms with E-state index in [4.69, 9.17) is 4.84 Å². The van der Waals surface area contributed by atoms with Crippen molar-refractivity contribution in [1.29, 1.82) is 0 Å². The Hall–Kier alpha value is -1.35. The third-order valence-electron chi connectivity index (χ3n) is 1.53. The second-order valence-electron chi connectivity index (χ2n) is 2.35. The van der Waals surface area contributed by atoms with E-state index >= 15 is 0 Å². The first-order chi connectivity index (χ1) is 5.86. The summed E-state index contributed by atoms with van der Waals surface area (Å²) in [4.78, 5) is 15.1. The van der Waals surface area contributed by atoms with E-state index in [1.807, 2.05) is 30.3 Å². The third-order valence-corrected chi connectivity index (χ3v) is 1.53. The van der Waals surface area contributed by atoms with Crippen molar-refractivity contribution in [3.63, 3.8) is 0 Å². The minimum absolute atomic E-state index is 0.487. The third kappa shape index (κ3) is 2.36. The Bertz CT molecular complexity index is 236. The smallest absolute Gasteiger partial charge is 0.233 e. The zero-order valence-electron chi connectivity index (χ0n) is 6.93. The molecule has 12 heavy (non-hydrogen) atoms. The molecule has 0 aliphatic rings. The zero-order chi connectivity index (χ0) is 8.81. The monoisotopic (exact) mass is 165 g/mol. The zero-order valence-corrected chi connectivity index (χ0v) is 6.93. The van der Waals surface area contributed by atoms with Crippen molar-refractivity contribution in [3.05, 3.63) is 35.9 Å². The lowest BCUT2D eigenvalue weighted by atomic mass is 10.2. The normalized spacial score (nSPS) is 9.42. The molecular weight excluding hydrogens is 154 g/mol. The van der Waals surface area contributed by atoms with Gasteiger partial charge in [0, 0.05) is 0 Å². The van der Waals surface area contributed by atoms with E-state index in [0.717, 1.165) is 5.56 Å². The van der Waals surface area contributed by atoms with Crippen molar-refractivity contribution in [2.75, 3.05) is 7.11 Å². The molecule has 1 aromatic rings. The number of amides is 1. The maximum atomic E-state index is 10.3. The molecular formula is C9H11NO2. The van der Waals surface area contributed by atoms with Crippen molar-refractivity contribution < 1.29 is 9.63 Å². The van der Waals surface area contributed by atoms with Crippen molar-refractivity contribution in [2.45, 2.75) is 6.54 Å². The predicted molar refractivity (Wildman–Crippen MR) is 45.1 cm³/mol. The number of rotatable bonds is 4. The minimum Gasteiger partial charge on any atom is -0.276 e. The summed E-state index contributed by atoms with van der Waals surface area (Å²) in [5, 5.41) is 1.23. The van der Waals surface area contributed by atoms with E-state index in [-0.39, 0.29) is 0 Å². The maximum Gasteiger partial charge on any atom is 0.233 e. The topological polar surface area (TPSA) is 29.5 Å². The van der Waals surface area contributed by atoms with Gasteiger partial charge in [-0.1, -0.05) is 30.3 Å². The summed E-state index contributed by atoms with van der Waals surface area (Å²) in [6, 6.07) is 9.66. The fraction of sp³-hybridized carbons (Fsp3) is 0.222. The summed E-state index contributed by atoms with van der Waals surface area (Å²) < 4.78 is 0. The molecule has 0 saturated carbocycles. The predicted octanol–water partition coefficient (Wildman–Crippen LogP) is 1.21.